The minimum atomic E-state index is -0.833. The number of nitrogens with zero attached hydrogens (tertiary/aromatic N) is 1. The standard InChI is InChI=1S/C19H23FN4O3/c20-13-6-14(9-21-8-13)22-7-11-1-2-12-10-24(19(27)15(12)5-11)16-3-4-17(25)23-18(16)26/h1-2,5,13-14,16,21-22H,3-4,6-10H2,(H,23,25,26)/t13-,14+,16?/m0/s1. The van der Waals surface area contributed by atoms with Crippen LogP contribution in [0.4, 0.5) is 4.39 Å². The number of carbonyl (C=O) groups is 3. The quantitative estimate of drug-likeness (QED) is 0.657. The van der Waals surface area contributed by atoms with Crippen molar-refractivity contribution in [1.82, 2.24) is 20.9 Å². The molecule has 3 amide bonds. The molecule has 4 rings (SSSR count). The van der Waals surface area contributed by atoms with Gasteiger partial charge < -0.3 is 15.5 Å². The number of halogens is 1. The van der Waals surface area contributed by atoms with Gasteiger partial charge >= 0.3 is 0 Å². The highest BCUT2D eigenvalue weighted by Gasteiger charge is 2.39. The third-order valence-corrected chi connectivity index (χ3v) is 5.48. The van der Waals surface area contributed by atoms with Gasteiger partial charge in [-0.1, -0.05) is 12.1 Å². The molecule has 0 saturated carbocycles. The van der Waals surface area contributed by atoms with Gasteiger partial charge in [0, 0.05) is 44.2 Å². The van der Waals surface area contributed by atoms with Crippen LogP contribution < -0.4 is 16.0 Å². The Morgan fingerprint density at radius 3 is 2.85 bits per heavy atom. The van der Waals surface area contributed by atoms with Crippen LogP contribution in [0.2, 0.25) is 0 Å². The zero-order valence-corrected chi connectivity index (χ0v) is 15.0. The van der Waals surface area contributed by atoms with Gasteiger partial charge in [-0.15, -0.1) is 0 Å². The van der Waals surface area contributed by atoms with Crippen molar-refractivity contribution in [2.45, 2.75) is 50.6 Å². The highest BCUT2D eigenvalue weighted by atomic mass is 19.1. The summed E-state index contributed by atoms with van der Waals surface area (Å²) in [5.41, 5.74) is 2.44. The first-order valence-corrected chi connectivity index (χ1v) is 9.36. The summed E-state index contributed by atoms with van der Waals surface area (Å²) in [4.78, 5) is 37.8. The number of hydrogen-bond acceptors (Lipinski definition) is 5. The van der Waals surface area contributed by atoms with Gasteiger partial charge in [0.15, 0.2) is 0 Å². The molecule has 0 aliphatic carbocycles. The second kappa shape index (κ2) is 7.36. The number of nitrogens with one attached hydrogen (secondary N) is 3. The number of rotatable bonds is 4. The molecule has 3 aliphatic heterocycles. The predicted molar refractivity (Wildman–Crippen MR) is 95.5 cm³/mol. The molecule has 3 atom stereocenters. The van der Waals surface area contributed by atoms with E-state index in [9.17, 15) is 18.8 Å². The molecule has 0 aromatic heterocycles. The average Bonchev–Trinajstić information content (AvgIpc) is 2.96. The van der Waals surface area contributed by atoms with Gasteiger partial charge in [-0.3, -0.25) is 19.7 Å². The van der Waals surface area contributed by atoms with Crippen LogP contribution in [-0.2, 0) is 22.7 Å². The molecule has 1 unspecified atom stereocenters. The van der Waals surface area contributed by atoms with Crippen LogP contribution in [0.1, 0.15) is 40.7 Å². The topological polar surface area (TPSA) is 90.5 Å². The number of carbonyl (C=O) groups excluding carboxylic acids is 3. The number of hydrogen-bond donors (Lipinski definition) is 3. The van der Waals surface area contributed by atoms with Crippen LogP contribution >= 0.6 is 0 Å². The highest BCUT2D eigenvalue weighted by molar-refractivity contribution is 6.05. The number of piperidine rings is 2. The lowest BCUT2D eigenvalue weighted by Crippen LogP contribution is -2.52. The zero-order valence-electron chi connectivity index (χ0n) is 15.0. The van der Waals surface area contributed by atoms with E-state index < -0.39 is 18.1 Å². The van der Waals surface area contributed by atoms with Crippen LogP contribution in [0.25, 0.3) is 0 Å². The average molecular weight is 374 g/mol. The fourth-order valence-electron chi connectivity index (χ4n) is 4.02. The molecule has 144 valence electrons. The molecule has 3 heterocycles. The van der Waals surface area contributed by atoms with E-state index in [1.807, 2.05) is 18.2 Å². The summed E-state index contributed by atoms with van der Waals surface area (Å²) in [5, 5.41) is 8.70. The molecule has 7 nitrogen and oxygen atoms in total. The summed E-state index contributed by atoms with van der Waals surface area (Å²) in [6.07, 6.45) is 0.259. The van der Waals surface area contributed by atoms with Crippen LogP contribution in [0.5, 0.6) is 0 Å². The van der Waals surface area contributed by atoms with Crippen LogP contribution in [0.3, 0.4) is 0 Å². The molecular formula is C19H23FN4O3. The maximum Gasteiger partial charge on any atom is 0.255 e. The van der Waals surface area contributed by atoms with Gasteiger partial charge in [-0.25, -0.2) is 4.39 Å². The molecule has 8 heteroatoms. The Hall–Kier alpha value is -2.32. The summed E-state index contributed by atoms with van der Waals surface area (Å²) in [6.45, 7) is 2.07. The molecule has 0 spiro atoms. The number of imide groups is 1. The van der Waals surface area contributed by atoms with Crippen molar-refractivity contribution >= 4 is 17.7 Å². The van der Waals surface area contributed by atoms with Gasteiger partial charge in [-0.2, -0.15) is 0 Å². The maximum atomic E-state index is 13.5. The molecule has 27 heavy (non-hydrogen) atoms. The van der Waals surface area contributed by atoms with Gasteiger partial charge in [0.25, 0.3) is 5.91 Å². The lowest BCUT2D eigenvalue weighted by molar-refractivity contribution is -0.136. The summed E-state index contributed by atoms with van der Waals surface area (Å²) in [7, 11) is 0. The second-order valence-electron chi connectivity index (χ2n) is 7.46. The summed E-state index contributed by atoms with van der Waals surface area (Å²) < 4.78 is 13.5. The summed E-state index contributed by atoms with van der Waals surface area (Å²) >= 11 is 0. The molecular weight excluding hydrogens is 351 g/mol. The molecule has 1 aromatic carbocycles. The zero-order chi connectivity index (χ0) is 19.0. The minimum absolute atomic E-state index is 0.0673. The first-order valence-electron chi connectivity index (χ1n) is 9.36. The fraction of sp³-hybridized carbons (Fsp3) is 0.526. The van der Waals surface area contributed by atoms with Crippen molar-refractivity contribution in [3.63, 3.8) is 0 Å². The summed E-state index contributed by atoms with van der Waals surface area (Å²) in [5.74, 6) is -0.870. The molecule has 0 radical (unpaired) electrons. The van der Waals surface area contributed by atoms with Crippen LogP contribution in [0, 0.1) is 0 Å². The predicted octanol–water partition coefficient (Wildman–Crippen LogP) is 0.237. The Kier molecular flexibility index (Phi) is 4.92. The molecule has 0 bridgehead atoms. The lowest BCUT2D eigenvalue weighted by Gasteiger charge is -2.29. The van der Waals surface area contributed by atoms with E-state index in [-0.39, 0.29) is 24.3 Å². The molecule has 2 saturated heterocycles. The molecule has 3 N–H and O–H groups in total. The monoisotopic (exact) mass is 374 g/mol. The minimum Gasteiger partial charge on any atom is -0.322 e. The first-order chi connectivity index (χ1) is 13.0. The first kappa shape index (κ1) is 18.1. The molecule has 1 aromatic rings. The Morgan fingerprint density at radius 2 is 2.07 bits per heavy atom. The van der Waals surface area contributed by atoms with Gasteiger partial charge in [-0.05, 0) is 30.0 Å². The third-order valence-electron chi connectivity index (χ3n) is 5.48. The lowest BCUT2D eigenvalue weighted by atomic mass is 10.0. The van der Waals surface area contributed by atoms with Gasteiger partial charge in [0.05, 0.1) is 0 Å². The SMILES string of the molecule is O=C1CCC(N2Cc3ccc(CN[C@H]4CNC[C@@H](F)C4)cc3C2=O)C(=O)N1. The maximum absolute atomic E-state index is 13.5. The van der Waals surface area contributed by atoms with Crippen molar-refractivity contribution in [2.75, 3.05) is 13.1 Å². The largest absolute Gasteiger partial charge is 0.322 e. The second-order valence-corrected chi connectivity index (χ2v) is 7.46. The number of fused-ring (bicyclic) bond motifs is 1. The van der Waals surface area contributed by atoms with Crippen molar-refractivity contribution in [3.8, 4) is 0 Å². The Labute approximate surface area is 156 Å². The molecule has 2 fully saturated rings. The van der Waals surface area contributed by atoms with E-state index in [4.69, 9.17) is 0 Å². The third kappa shape index (κ3) is 3.72. The number of amides is 3. The van der Waals surface area contributed by atoms with Crippen LogP contribution in [0.15, 0.2) is 18.2 Å². The fourth-order valence-corrected chi connectivity index (χ4v) is 4.02. The van der Waals surface area contributed by atoms with E-state index in [1.54, 1.807) is 4.90 Å². The Balaban J connectivity index is 1.42. The van der Waals surface area contributed by atoms with Gasteiger partial charge in [0.2, 0.25) is 11.8 Å². The van der Waals surface area contributed by atoms with Crippen molar-refractivity contribution < 1.29 is 18.8 Å². The smallest absolute Gasteiger partial charge is 0.255 e. The number of alkyl halides is 1. The van der Waals surface area contributed by atoms with E-state index in [0.717, 1.165) is 17.7 Å². The van der Waals surface area contributed by atoms with Crippen molar-refractivity contribution in [2.24, 2.45) is 0 Å². The van der Waals surface area contributed by atoms with E-state index in [1.165, 1.54) is 0 Å². The van der Waals surface area contributed by atoms with Crippen molar-refractivity contribution in [3.05, 3.63) is 34.9 Å². The van der Waals surface area contributed by atoms with Gasteiger partial charge in [0.1, 0.15) is 12.2 Å². The Bertz CT molecular complexity index is 784. The molecule has 3 aliphatic rings. The van der Waals surface area contributed by atoms with E-state index in [0.29, 0.717) is 38.0 Å². The normalized spacial score (nSPS) is 28.3. The van der Waals surface area contributed by atoms with Crippen molar-refractivity contribution in [1.29, 1.82) is 0 Å². The summed E-state index contributed by atoms with van der Waals surface area (Å²) in [6, 6.07) is 5.18. The van der Waals surface area contributed by atoms with E-state index in [2.05, 4.69) is 16.0 Å². The number of benzene rings is 1. The van der Waals surface area contributed by atoms with Crippen LogP contribution in [-0.4, -0.2) is 54.0 Å². The van der Waals surface area contributed by atoms with E-state index >= 15 is 0 Å². The highest BCUT2D eigenvalue weighted by Crippen LogP contribution is 2.28. The Morgan fingerprint density at radius 1 is 1.22 bits per heavy atom.